The Morgan fingerprint density at radius 2 is 2.13 bits per heavy atom. The van der Waals surface area contributed by atoms with E-state index in [9.17, 15) is 9.59 Å². The molecule has 0 aliphatic carbocycles. The van der Waals surface area contributed by atoms with Crippen LogP contribution in [0.15, 0.2) is 23.9 Å². The summed E-state index contributed by atoms with van der Waals surface area (Å²) in [6.45, 7) is 5.20. The van der Waals surface area contributed by atoms with E-state index in [-0.39, 0.29) is 11.5 Å². The number of hydrogen-bond donors (Lipinski definition) is 4. The van der Waals surface area contributed by atoms with Crippen molar-refractivity contribution in [2.75, 3.05) is 0 Å². The lowest BCUT2D eigenvalue weighted by atomic mass is 10.1. The van der Waals surface area contributed by atoms with Crippen molar-refractivity contribution in [3.8, 4) is 0 Å². The molecule has 0 fully saturated rings. The first-order valence-electron chi connectivity index (χ1n) is 4.16. The maximum atomic E-state index is 10.7. The van der Waals surface area contributed by atoms with E-state index in [1.165, 1.54) is 6.08 Å². The molecule has 0 saturated heterocycles. The molecule has 0 atom stereocenters. The maximum Gasteiger partial charge on any atom is 0.394 e. The Balaban J connectivity index is 4.54. The fraction of sp³-hybridized carbons (Fsp3) is 0.222. The Bertz CT molecular complexity index is 345. The standard InChI is InChI=1S/C9H13N3O3/c1-3-6(7(10)11)4-5(2)12-8(13)9(14)15/h4H,2-3H2,1H3,(H3,10,11)(H,12,13)(H,14,15)/b6-4-. The first kappa shape index (κ1) is 12.9. The van der Waals surface area contributed by atoms with Gasteiger partial charge < -0.3 is 16.2 Å². The summed E-state index contributed by atoms with van der Waals surface area (Å²) >= 11 is 0. The molecule has 0 aliphatic heterocycles. The number of amidine groups is 1. The lowest BCUT2D eigenvalue weighted by Crippen LogP contribution is -2.29. The highest BCUT2D eigenvalue weighted by atomic mass is 16.4. The second-order valence-electron chi connectivity index (χ2n) is 2.72. The van der Waals surface area contributed by atoms with E-state index in [1.54, 1.807) is 6.92 Å². The molecule has 0 aromatic heterocycles. The fourth-order valence-electron chi connectivity index (χ4n) is 0.816. The van der Waals surface area contributed by atoms with Gasteiger partial charge in [0.2, 0.25) is 0 Å². The van der Waals surface area contributed by atoms with Crippen LogP contribution in [0.3, 0.4) is 0 Å². The van der Waals surface area contributed by atoms with Crippen LogP contribution in [0.25, 0.3) is 0 Å². The van der Waals surface area contributed by atoms with Gasteiger partial charge in [-0.25, -0.2) is 4.79 Å². The summed E-state index contributed by atoms with van der Waals surface area (Å²) in [6.07, 6.45) is 1.86. The van der Waals surface area contributed by atoms with E-state index in [2.05, 4.69) is 6.58 Å². The SMILES string of the molecule is C=C(/C=C(/CC)C(=N)N)NC(=O)C(=O)O. The second-order valence-corrected chi connectivity index (χ2v) is 2.72. The molecule has 0 aromatic carbocycles. The van der Waals surface area contributed by atoms with E-state index in [4.69, 9.17) is 16.2 Å². The first-order valence-corrected chi connectivity index (χ1v) is 4.16. The minimum absolute atomic E-state index is 0.0921. The molecule has 0 aromatic rings. The monoisotopic (exact) mass is 211 g/mol. The van der Waals surface area contributed by atoms with Gasteiger partial charge in [0.25, 0.3) is 0 Å². The maximum absolute atomic E-state index is 10.7. The Labute approximate surface area is 87.0 Å². The minimum atomic E-state index is -1.59. The predicted molar refractivity (Wildman–Crippen MR) is 55.2 cm³/mol. The Morgan fingerprint density at radius 1 is 1.60 bits per heavy atom. The van der Waals surface area contributed by atoms with Crippen molar-refractivity contribution in [1.82, 2.24) is 5.32 Å². The van der Waals surface area contributed by atoms with E-state index < -0.39 is 11.9 Å². The zero-order valence-electron chi connectivity index (χ0n) is 8.33. The van der Waals surface area contributed by atoms with E-state index in [1.807, 2.05) is 5.32 Å². The van der Waals surface area contributed by atoms with Crippen molar-refractivity contribution in [2.24, 2.45) is 5.73 Å². The van der Waals surface area contributed by atoms with Crippen LogP contribution in [0.1, 0.15) is 13.3 Å². The summed E-state index contributed by atoms with van der Waals surface area (Å²) in [5, 5.41) is 17.5. The number of aliphatic carboxylic acids is 1. The number of carbonyl (C=O) groups excluding carboxylic acids is 1. The number of carbonyl (C=O) groups is 2. The third kappa shape index (κ3) is 4.61. The van der Waals surface area contributed by atoms with Gasteiger partial charge in [-0.05, 0) is 18.1 Å². The van der Waals surface area contributed by atoms with Crippen molar-refractivity contribution in [1.29, 1.82) is 5.41 Å². The van der Waals surface area contributed by atoms with Crippen molar-refractivity contribution >= 4 is 17.7 Å². The van der Waals surface area contributed by atoms with Crippen LogP contribution in [0.5, 0.6) is 0 Å². The van der Waals surface area contributed by atoms with Crippen LogP contribution >= 0.6 is 0 Å². The third-order valence-electron chi connectivity index (χ3n) is 1.54. The molecule has 82 valence electrons. The van der Waals surface area contributed by atoms with Gasteiger partial charge in [-0.3, -0.25) is 10.2 Å². The summed E-state index contributed by atoms with van der Waals surface area (Å²) in [5.74, 6) is -2.90. The largest absolute Gasteiger partial charge is 0.474 e. The van der Waals surface area contributed by atoms with Gasteiger partial charge in [0, 0.05) is 5.70 Å². The number of allylic oxidation sites excluding steroid dienone is 1. The predicted octanol–water partition coefficient (Wildman–Crippen LogP) is -0.0267. The average molecular weight is 211 g/mol. The number of carboxylic acids is 1. The molecule has 0 spiro atoms. The quantitative estimate of drug-likeness (QED) is 0.226. The van der Waals surface area contributed by atoms with Crippen LogP contribution in [-0.2, 0) is 9.59 Å². The highest BCUT2D eigenvalue weighted by Crippen LogP contribution is 2.02. The lowest BCUT2D eigenvalue weighted by Gasteiger charge is -2.04. The summed E-state index contributed by atoms with van der Waals surface area (Å²) in [6, 6.07) is 0. The average Bonchev–Trinajstić information content (AvgIpc) is 2.13. The van der Waals surface area contributed by atoms with Gasteiger partial charge >= 0.3 is 11.9 Å². The van der Waals surface area contributed by atoms with Crippen LogP contribution in [0.4, 0.5) is 0 Å². The Hall–Kier alpha value is -2.11. The lowest BCUT2D eigenvalue weighted by molar-refractivity contribution is -0.149. The Morgan fingerprint density at radius 3 is 2.47 bits per heavy atom. The highest BCUT2D eigenvalue weighted by Gasteiger charge is 2.10. The van der Waals surface area contributed by atoms with Crippen LogP contribution < -0.4 is 11.1 Å². The molecule has 0 aliphatic rings. The Kier molecular flexibility index (Phi) is 4.80. The molecular weight excluding hydrogens is 198 g/mol. The number of carboxylic acid groups (broad SMARTS) is 1. The van der Waals surface area contributed by atoms with Gasteiger partial charge in [0.15, 0.2) is 0 Å². The van der Waals surface area contributed by atoms with Gasteiger partial charge in [0.1, 0.15) is 5.84 Å². The molecule has 6 nitrogen and oxygen atoms in total. The molecule has 0 rings (SSSR count). The number of nitrogens with two attached hydrogens (primary N) is 1. The van der Waals surface area contributed by atoms with Crippen LogP contribution in [-0.4, -0.2) is 22.8 Å². The van der Waals surface area contributed by atoms with E-state index >= 15 is 0 Å². The van der Waals surface area contributed by atoms with Crippen molar-refractivity contribution < 1.29 is 14.7 Å². The summed E-state index contributed by atoms with van der Waals surface area (Å²) in [4.78, 5) is 20.9. The van der Waals surface area contributed by atoms with Gasteiger partial charge in [-0.15, -0.1) is 0 Å². The molecule has 0 bridgehead atoms. The van der Waals surface area contributed by atoms with Crippen molar-refractivity contribution in [2.45, 2.75) is 13.3 Å². The normalized spacial score (nSPS) is 10.6. The molecule has 0 unspecified atom stereocenters. The molecule has 6 heteroatoms. The van der Waals surface area contributed by atoms with Gasteiger partial charge in [-0.2, -0.15) is 0 Å². The number of hydrogen-bond acceptors (Lipinski definition) is 3. The van der Waals surface area contributed by atoms with E-state index in [0.717, 1.165) is 0 Å². The number of rotatable bonds is 4. The molecule has 0 saturated carbocycles. The molecule has 1 amide bonds. The number of amides is 1. The molecular formula is C9H13N3O3. The van der Waals surface area contributed by atoms with Gasteiger partial charge in [0.05, 0.1) is 0 Å². The topological polar surface area (TPSA) is 116 Å². The number of nitrogens with one attached hydrogen (secondary N) is 2. The molecule has 5 N–H and O–H groups in total. The summed E-state index contributed by atoms with van der Waals surface area (Å²) in [7, 11) is 0. The van der Waals surface area contributed by atoms with Gasteiger partial charge in [-0.1, -0.05) is 13.5 Å². The van der Waals surface area contributed by atoms with Crippen LogP contribution in [0.2, 0.25) is 0 Å². The van der Waals surface area contributed by atoms with Crippen molar-refractivity contribution in [3.05, 3.63) is 23.9 Å². The van der Waals surface area contributed by atoms with Crippen LogP contribution in [0, 0.1) is 5.41 Å². The fourth-order valence-corrected chi connectivity index (χ4v) is 0.816. The summed E-state index contributed by atoms with van der Waals surface area (Å²) in [5.41, 5.74) is 5.80. The smallest absolute Gasteiger partial charge is 0.394 e. The summed E-state index contributed by atoms with van der Waals surface area (Å²) < 4.78 is 0. The van der Waals surface area contributed by atoms with E-state index in [0.29, 0.717) is 12.0 Å². The van der Waals surface area contributed by atoms with Crippen molar-refractivity contribution in [3.63, 3.8) is 0 Å². The zero-order chi connectivity index (χ0) is 12.0. The second kappa shape index (κ2) is 5.58. The molecule has 0 radical (unpaired) electrons. The third-order valence-corrected chi connectivity index (χ3v) is 1.54. The first-order chi connectivity index (χ1) is 6.88. The molecule has 15 heavy (non-hydrogen) atoms. The molecule has 0 heterocycles. The zero-order valence-corrected chi connectivity index (χ0v) is 8.33. The minimum Gasteiger partial charge on any atom is -0.474 e. The highest BCUT2D eigenvalue weighted by molar-refractivity contribution is 6.32.